The van der Waals surface area contributed by atoms with Gasteiger partial charge < -0.3 is 25.2 Å². The van der Waals surface area contributed by atoms with Crippen molar-refractivity contribution < 1.29 is 25.2 Å². The summed E-state index contributed by atoms with van der Waals surface area (Å²) in [6.45, 7) is -0.451. The predicted octanol–water partition coefficient (Wildman–Crippen LogP) is -2.44. The third-order valence-corrected chi connectivity index (χ3v) is 1.89. The summed E-state index contributed by atoms with van der Waals surface area (Å²) in [5, 5.41) is 34.4. The predicted molar refractivity (Wildman–Crippen MR) is 43.9 cm³/mol. The Labute approximate surface area is 75.1 Å². The second-order valence-corrected chi connectivity index (χ2v) is 3.02. The zero-order valence-electron chi connectivity index (χ0n) is 6.24. The molecule has 0 aromatic rings. The first-order chi connectivity index (χ1) is 5.54. The van der Waals surface area contributed by atoms with Crippen molar-refractivity contribution >= 4 is 18.9 Å². The largest absolute Gasteiger partial charge is 0.395 e. The maximum absolute atomic E-state index is 9.95. The Kier molecular flexibility index (Phi) is 5.43. The monoisotopic (exact) mass is 196 g/mol. The number of rotatable bonds is 5. The lowest BCUT2D eigenvalue weighted by molar-refractivity contribution is -0.126. The summed E-state index contributed by atoms with van der Waals surface area (Å²) in [5.74, 6) is 0. The fourth-order valence-electron chi connectivity index (χ4n) is 0.618. The topological polar surface area (TPSA) is 98.0 Å². The van der Waals surface area contributed by atoms with Gasteiger partial charge >= 0.3 is 0 Å². The Morgan fingerprint density at radius 1 is 1.25 bits per heavy atom. The van der Waals surface area contributed by atoms with Crippen LogP contribution in [-0.2, 0) is 4.79 Å². The average molecular weight is 196 g/mol. The Morgan fingerprint density at radius 3 is 2.08 bits per heavy atom. The van der Waals surface area contributed by atoms with Gasteiger partial charge in [-0.3, -0.25) is 0 Å². The van der Waals surface area contributed by atoms with Crippen LogP contribution in [0.5, 0.6) is 0 Å². The van der Waals surface area contributed by atoms with Crippen LogP contribution in [0.1, 0.15) is 0 Å². The summed E-state index contributed by atoms with van der Waals surface area (Å²) in [6, 6.07) is 0. The molecule has 0 radical (unpaired) electrons. The third kappa shape index (κ3) is 3.08. The standard InChI is InChI=1S/C6H12O5S/c7-1-3(9)5(10)6(11)4(12)2-8/h1,3-6,8-12H,2H2/t3-,4+,5+,6+/m0/s1. The number of carbonyl (C=O) groups excluding carboxylic acids is 1. The molecule has 0 aliphatic carbocycles. The molecule has 0 aliphatic rings. The Hall–Kier alpha value is -0.140. The van der Waals surface area contributed by atoms with Crippen molar-refractivity contribution in [1.29, 1.82) is 0 Å². The number of aliphatic hydroxyl groups is 4. The molecule has 0 unspecified atom stereocenters. The molecule has 0 spiro atoms. The number of carbonyl (C=O) groups is 1. The van der Waals surface area contributed by atoms with Crippen LogP contribution in [0.15, 0.2) is 0 Å². The molecule has 4 N–H and O–H groups in total. The normalized spacial score (nSPS) is 21.1. The van der Waals surface area contributed by atoms with E-state index in [4.69, 9.17) is 20.4 Å². The van der Waals surface area contributed by atoms with E-state index < -0.39 is 30.2 Å². The molecule has 12 heavy (non-hydrogen) atoms. The van der Waals surface area contributed by atoms with Gasteiger partial charge in [0.1, 0.15) is 12.2 Å². The Morgan fingerprint density at radius 2 is 1.75 bits per heavy atom. The minimum absolute atomic E-state index is 0.103. The average Bonchev–Trinajstić information content (AvgIpc) is 2.12. The molecule has 0 bridgehead atoms. The van der Waals surface area contributed by atoms with Gasteiger partial charge in [-0.2, -0.15) is 12.6 Å². The molecule has 72 valence electrons. The summed E-state index contributed by atoms with van der Waals surface area (Å²) < 4.78 is 0. The van der Waals surface area contributed by atoms with E-state index in [-0.39, 0.29) is 6.29 Å². The molecule has 0 aromatic carbocycles. The number of hydrogen-bond donors (Lipinski definition) is 5. The lowest BCUT2D eigenvalue weighted by Crippen LogP contribution is -2.44. The lowest BCUT2D eigenvalue weighted by atomic mass is 10.1. The fraction of sp³-hybridized carbons (Fsp3) is 0.833. The van der Waals surface area contributed by atoms with Crippen LogP contribution in [0.25, 0.3) is 0 Å². The second-order valence-electron chi connectivity index (χ2n) is 2.36. The molecule has 6 heteroatoms. The summed E-state index contributed by atoms with van der Waals surface area (Å²) in [7, 11) is 0. The minimum Gasteiger partial charge on any atom is -0.395 e. The van der Waals surface area contributed by atoms with Crippen LogP contribution in [0.2, 0.25) is 0 Å². The van der Waals surface area contributed by atoms with E-state index in [1.165, 1.54) is 0 Å². The molecular weight excluding hydrogens is 184 g/mol. The van der Waals surface area contributed by atoms with Crippen LogP contribution >= 0.6 is 12.6 Å². The van der Waals surface area contributed by atoms with Crippen LogP contribution < -0.4 is 0 Å². The van der Waals surface area contributed by atoms with E-state index in [0.717, 1.165) is 0 Å². The second kappa shape index (κ2) is 5.50. The number of thiol groups is 1. The van der Waals surface area contributed by atoms with E-state index in [1.807, 2.05) is 0 Å². The van der Waals surface area contributed by atoms with Crippen molar-refractivity contribution in [2.45, 2.75) is 23.6 Å². The smallest absolute Gasteiger partial charge is 0.151 e. The molecule has 0 saturated carbocycles. The van der Waals surface area contributed by atoms with Crippen molar-refractivity contribution in [3.8, 4) is 0 Å². The maximum Gasteiger partial charge on any atom is 0.151 e. The van der Waals surface area contributed by atoms with Crippen LogP contribution in [0.4, 0.5) is 0 Å². The highest BCUT2D eigenvalue weighted by molar-refractivity contribution is 7.81. The van der Waals surface area contributed by atoms with Gasteiger partial charge in [0.25, 0.3) is 0 Å². The molecule has 4 atom stereocenters. The van der Waals surface area contributed by atoms with Crippen molar-refractivity contribution in [3.05, 3.63) is 0 Å². The molecule has 5 nitrogen and oxygen atoms in total. The number of aliphatic hydroxyl groups excluding tert-OH is 4. The van der Waals surface area contributed by atoms with Gasteiger partial charge in [0.2, 0.25) is 0 Å². The van der Waals surface area contributed by atoms with Gasteiger partial charge in [-0.05, 0) is 0 Å². The van der Waals surface area contributed by atoms with Gasteiger partial charge in [-0.25, -0.2) is 0 Å². The van der Waals surface area contributed by atoms with E-state index in [2.05, 4.69) is 12.6 Å². The molecule has 0 rings (SSSR count). The van der Waals surface area contributed by atoms with Crippen molar-refractivity contribution in [2.24, 2.45) is 0 Å². The number of aldehydes is 1. The highest BCUT2D eigenvalue weighted by atomic mass is 32.1. The summed E-state index contributed by atoms with van der Waals surface area (Å²) in [5.41, 5.74) is 0. The van der Waals surface area contributed by atoms with Crippen molar-refractivity contribution in [1.82, 2.24) is 0 Å². The van der Waals surface area contributed by atoms with Gasteiger partial charge in [0, 0.05) is 0 Å². The highest BCUT2D eigenvalue weighted by Gasteiger charge is 2.28. The Bertz CT molecular complexity index is 142. The summed E-state index contributed by atoms with van der Waals surface area (Å²) >= 11 is 3.71. The van der Waals surface area contributed by atoms with E-state index in [1.54, 1.807) is 0 Å². The maximum atomic E-state index is 9.95. The highest BCUT2D eigenvalue weighted by Crippen LogP contribution is 2.08. The van der Waals surface area contributed by atoms with Gasteiger partial charge in [-0.1, -0.05) is 0 Å². The zero-order chi connectivity index (χ0) is 9.72. The Balaban J connectivity index is 4.07. The molecular formula is C6H12O5S. The van der Waals surface area contributed by atoms with Crippen LogP contribution in [-0.4, -0.2) is 56.9 Å². The first-order valence-electron chi connectivity index (χ1n) is 3.33. The van der Waals surface area contributed by atoms with Gasteiger partial charge in [0.05, 0.1) is 18.0 Å². The van der Waals surface area contributed by atoms with Gasteiger partial charge in [-0.15, -0.1) is 0 Å². The van der Waals surface area contributed by atoms with E-state index in [0.29, 0.717) is 0 Å². The lowest BCUT2D eigenvalue weighted by Gasteiger charge is -2.22. The van der Waals surface area contributed by atoms with Crippen molar-refractivity contribution in [2.75, 3.05) is 6.61 Å². The molecule has 0 saturated heterocycles. The zero-order valence-corrected chi connectivity index (χ0v) is 7.13. The summed E-state index contributed by atoms with van der Waals surface area (Å²) in [6.07, 6.45) is -4.59. The molecule has 0 aromatic heterocycles. The first kappa shape index (κ1) is 11.9. The van der Waals surface area contributed by atoms with Crippen LogP contribution in [0, 0.1) is 0 Å². The quantitative estimate of drug-likeness (QED) is 0.248. The minimum atomic E-state index is -1.65. The van der Waals surface area contributed by atoms with Gasteiger partial charge in [0.15, 0.2) is 6.29 Å². The van der Waals surface area contributed by atoms with E-state index in [9.17, 15) is 4.79 Å². The van der Waals surface area contributed by atoms with E-state index >= 15 is 0 Å². The summed E-state index contributed by atoms with van der Waals surface area (Å²) in [4.78, 5) is 9.95. The van der Waals surface area contributed by atoms with Crippen LogP contribution in [0.3, 0.4) is 0 Å². The molecule has 0 heterocycles. The molecule has 0 amide bonds. The fourth-order valence-corrected chi connectivity index (χ4v) is 0.794. The third-order valence-electron chi connectivity index (χ3n) is 1.42. The number of hydrogen-bond acceptors (Lipinski definition) is 6. The molecule has 0 aliphatic heterocycles. The SMILES string of the molecule is O=C[C@H](O)[C@@H](O)[C@H](O)[C@H](S)CO. The van der Waals surface area contributed by atoms with Crippen molar-refractivity contribution in [3.63, 3.8) is 0 Å². The molecule has 0 fully saturated rings. The first-order valence-corrected chi connectivity index (χ1v) is 3.84.